The van der Waals surface area contributed by atoms with Gasteiger partial charge < -0.3 is 9.47 Å². The third kappa shape index (κ3) is 1.81. The molecular weight excluding hydrogens is 311 g/mol. The maximum absolute atomic E-state index is 12.9. The Hall–Kier alpha value is -1.03. The molecule has 0 radical (unpaired) electrons. The normalized spacial score (nSPS) is 33.8. The summed E-state index contributed by atoms with van der Waals surface area (Å²) in [5.74, 6) is 0.699. The topological polar surface area (TPSA) is 35.5 Å². The minimum Gasteiger partial charge on any atom is -0.500 e. The smallest absolute Gasteiger partial charge is 0.173 e. The molecule has 3 aliphatic rings. The minimum absolute atomic E-state index is 0.0214. The van der Waals surface area contributed by atoms with E-state index >= 15 is 0 Å². The summed E-state index contributed by atoms with van der Waals surface area (Å²) < 4.78 is 11.5. The predicted molar refractivity (Wildman–Crippen MR) is 80.3 cm³/mol. The van der Waals surface area contributed by atoms with Gasteiger partial charge in [-0.25, -0.2) is 0 Å². The zero-order chi connectivity index (χ0) is 14.7. The third-order valence-electron chi connectivity index (χ3n) is 4.79. The van der Waals surface area contributed by atoms with Gasteiger partial charge in [-0.15, -0.1) is 0 Å². The quantitative estimate of drug-likeness (QED) is 0.831. The molecule has 1 aliphatic carbocycles. The molecule has 4 rings (SSSR count). The maximum Gasteiger partial charge on any atom is 0.173 e. The van der Waals surface area contributed by atoms with E-state index in [1.807, 2.05) is 0 Å². The summed E-state index contributed by atoms with van der Waals surface area (Å²) in [6.45, 7) is 0. The molecule has 1 aromatic carbocycles. The van der Waals surface area contributed by atoms with Crippen LogP contribution in [0.25, 0.3) is 5.57 Å². The highest BCUT2D eigenvalue weighted by Crippen LogP contribution is 2.55. The molecule has 5 heteroatoms. The van der Waals surface area contributed by atoms with Gasteiger partial charge in [0.2, 0.25) is 0 Å². The molecule has 2 fully saturated rings. The van der Waals surface area contributed by atoms with Crippen LogP contribution in [0.4, 0.5) is 0 Å². The van der Waals surface area contributed by atoms with Crippen LogP contribution in [0.2, 0.25) is 10.0 Å². The average Bonchev–Trinajstić information content (AvgIpc) is 3.13. The van der Waals surface area contributed by atoms with Crippen molar-refractivity contribution in [2.75, 3.05) is 7.11 Å². The highest BCUT2D eigenvalue weighted by atomic mass is 35.5. The van der Waals surface area contributed by atoms with Gasteiger partial charge in [-0.2, -0.15) is 0 Å². The summed E-state index contributed by atoms with van der Waals surface area (Å²) in [4.78, 5) is 12.9. The highest BCUT2D eigenvalue weighted by Gasteiger charge is 2.59. The first-order valence-electron chi connectivity index (χ1n) is 7.05. The van der Waals surface area contributed by atoms with Crippen LogP contribution >= 0.6 is 23.2 Å². The molecule has 3 nitrogen and oxygen atoms in total. The number of ether oxygens (including phenoxy) is 2. The van der Waals surface area contributed by atoms with Crippen LogP contribution in [0.15, 0.2) is 24.0 Å². The van der Waals surface area contributed by atoms with Gasteiger partial charge in [0.1, 0.15) is 5.76 Å². The van der Waals surface area contributed by atoms with Crippen molar-refractivity contribution in [1.29, 1.82) is 0 Å². The van der Waals surface area contributed by atoms with Crippen LogP contribution in [0.3, 0.4) is 0 Å². The van der Waals surface area contributed by atoms with Crippen molar-refractivity contribution in [2.24, 2.45) is 11.8 Å². The summed E-state index contributed by atoms with van der Waals surface area (Å²) in [7, 11) is 1.61. The number of carbonyl (C=O) groups is 1. The Labute approximate surface area is 132 Å². The van der Waals surface area contributed by atoms with Crippen LogP contribution in [-0.2, 0) is 14.3 Å². The predicted octanol–water partition coefficient (Wildman–Crippen LogP) is 3.73. The largest absolute Gasteiger partial charge is 0.500 e. The van der Waals surface area contributed by atoms with Crippen molar-refractivity contribution in [2.45, 2.75) is 25.0 Å². The zero-order valence-corrected chi connectivity index (χ0v) is 12.9. The molecule has 2 bridgehead atoms. The minimum atomic E-state index is -0.122. The Morgan fingerprint density at radius 1 is 1.19 bits per heavy atom. The van der Waals surface area contributed by atoms with Gasteiger partial charge in [0.05, 0.1) is 36.7 Å². The van der Waals surface area contributed by atoms with Crippen molar-refractivity contribution < 1.29 is 14.3 Å². The van der Waals surface area contributed by atoms with E-state index in [4.69, 9.17) is 32.7 Å². The van der Waals surface area contributed by atoms with Crippen molar-refractivity contribution in [1.82, 2.24) is 0 Å². The van der Waals surface area contributed by atoms with Gasteiger partial charge in [0.15, 0.2) is 5.78 Å². The Morgan fingerprint density at radius 3 is 2.62 bits per heavy atom. The second-order valence-electron chi connectivity index (χ2n) is 5.77. The molecule has 1 aromatic rings. The molecule has 110 valence electrons. The molecule has 0 aromatic heterocycles. The fraction of sp³-hybridized carbons (Fsp3) is 0.438. The number of hydrogen-bond acceptors (Lipinski definition) is 3. The summed E-state index contributed by atoms with van der Waals surface area (Å²) >= 11 is 12.3. The van der Waals surface area contributed by atoms with Gasteiger partial charge in [0, 0.05) is 15.6 Å². The van der Waals surface area contributed by atoms with Crippen LogP contribution in [0, 0.1) is 11.8 Å². The maximum atomic E-state index is 12.9. The molecule has 2 heterocycles. The van der Waals surface area contributed by atoms with Crippen molar-refractivity contribution >= 4 is 34.6 Å². The van der Waals surface area contributed by atoms with Crippen LogP contribution in [0.5, 0.6) is 0 Å². The first-order valence-corrected chi connectivity index (χ1v) is 7.80. The van der Waals surface area contributed by atoms with E-state index in [0.717, 1.165) is 12.8 Å². The van der Waals surface area contributed by atoms with E-state index in [9.17, 15) is 4.79 Å². The lowest BCUT2D eigenvalue weighted by Gasteiger charge is -2.21. The van der Waals surface area contributed by atoms with E-state index in [1.54, 1.807) is 25.3 Å². The standard InChI is InChI=1S/C16H14Cl2O3/c1-20-16-12(8-6-7(17)2-3-9(8)18)15(19)13-10-4-5-11(21-10)14(13)16/h2-3,6,10-11,13-14H,4-5H2,1H3/t10?,11?,13-,14+/m0/s1. The number of rotatable bonds is 2. The summed E-state index contributed by atoms with van der Waals surface area (Å²) in [5.41, 5.74) is 1.25. The van der Waals surface area contributed by atoms with E-state index in [1.165, 1.54) is 0 Å². The van der Waals surface area contributed by atoms with Crippen LogP contribution in [-0.4, -0.2) is 25.1 Å². The van der Waals surface area contributed by atoms with E-state index in [-0.39, 0.29) is 29.8 Å². The monoisotopic (exact) mass is 324 g/mol. The molecule has 2 aliphatic heterocycles. The number of benzene rings is 1. The Balaban J connectivity index is 1.88. The van der Waals surface area contributed by atoms with Gasteiger partial charge in [0.25, 0.3) is 0 Å². The lowest BCUT2D eigenvalue weighted by atomic mass is 9.80. The molecule has 0 saturated carbocycles. The van der Waals surface area contributed by atoms with Gasteiger partial charge in [-0.05, 0) is 31.0 Å². The molecular formula is C16H14Cl2O3. The highest BCUT2D eigenvalue weighted by molar-refractivity contribution is 6.37. The molecule has 0 spiro atoms. The number of hydrogen-bond donors (Lipinski definition) is 0. The Morgan fingerprint density at radius 2 is 1.90 bits per heavy atom. The molecule has 4 atom stereocenters. The van der Waals surface area contributed by atoms with Crippen molar-refractivity contribution in [3.63, 3.8) is 0 Å². The van der Waals surface area contributed by atoms with Crippen molar-refractivity contribution in [3.8, 4) is 0 Å². The first-order chi connectivity index (χ1) is 10.1. The van der Waals surface area contributed by atoms with Gasteiger partial charge in [-0.1, -0.05) is 23.2 Å². The van der Waals surface area contributed by atoms with E-state index < -0.39 is 0 Å². The zero-order valence-electron chi connectivity index (χ0n) is 11.4. The molecule has 2 saturated heterocycles. The molecule has 0 amide bonds. The van der Waals surface area contributed by atoms with E-state index in [2.05, 4.69) is 0 Å². The fourth-order valence-electron chi connectivity index (χ4n) is 3.99. The summed E-state index contributed by atoms with van der Waals surface area (Å²) in [6.07, 6.45) is 2.05. The SMILES string of the molecule is COC1=C(c2cc(Cl)ccc2Cl)C(=O)[C@H]2C3CCC(O3)[C@@H]12. The lowest BCUT2D eigenvalue weighted by Crippen LogP contribution is -2.29. The number of ketones is 1. The Bertz CT molecular complexity index is 667. The van der Waals surface area contributed by atoms with Crippen LogP contribution < -0.4 is 0 Å². The van der Waals surface area contributed by atoms with Crippen molar-refractivity contribution in [3.05, 3.63) is 39.6 Å². The molecule has 21 heavy (non-hydrogen) atoms. The summed E-state index contributed by atoms with van der Waals surface area (Å²) in [6, 6.07) is 5.17. The number of halogens is 2. The van der Waals surface area contributed by atoms with Gasteiger partial charge in [-0.3, -0.25) is 4.79 Å². The first kappa shape index (κ1) is 13.6. The third-order valence-corrected chi connectivity index (χ3v) is 5.35. The van der Waals surface area contributed by atoms with E-state index in [0.29, 0.717) is 26.9 Å². The summed E-state index contributed by atoms with van der Waals surface area (Å²) in [5, 5.41) is 1.08. The number of fused-ring (bicyclic) bond motifs is 5. The number of allylic oxidation sites excluding steroid dienone is 1. The number of Topliss-reactive ketones (excluding diaryl/α,β-unsaturated/α-hetero) is 1. The second kappa shape index (κ2) is 4.73. The lowest BCUT2D eigenvalue weighted by molar-refractivity contribution is -0.118. The van der Waals surface area contributed by atoms with Gasteiger partial charge >= 0.3 is 0 Å². The number of carbonyl (C=O) groups excluding carboxylic acids is 1. The molecule has 0 N–H and O–H groups in total. The van der Waals surface area contributed by atoms with Crippen LogP contribution in [0.1, 0.15) is 18.4 Å². The molecule has 2 unspecified atom stereocenters. The average molecular weight is 325 g/mol. The number of methoxy groups -OCH3 is 1. The second-order valence-corrected chi connectivity index (χ2v) is 6.62. The Kier molecular flexibility index (Phi) is 3.07. The fourth-order valence-corrected chi connectivity index (χ4v) is 4.38.